The Balaban J connectivity index is 2.25. The average molecular weight is 235 g/mol. The normalized spacial score (nSPS) is 23.5. The monoisotopic (exact) mass is 235 g/mol. The molecule has 1 fully saturated rings. The Bertz CT molecular complexity index is 279. The van der Waals surface area contributed by atoms with Crippen molar-refractivity contribution in [2.45, 2.75) is 25.8 Å². The van der Waals surface area contributed by atoms with Crippen molar-refractivity contribution in [3.63, 3.8) is 0 Å². The van der Waals surface area contributed by atoms with Gasteiger partial charge in [-0.15, -0.1) is 0 Å². The lowest BCUT2D eigenvalue weighted by molar-refractivity contribution is 0.263. The fraction of sp³-hybridized carbons (Fsp3) is 1.00. The van der Waals surface area contributed by atoms with Gasteiger partial charge in [-0.1, -0.05) is 0 Å². The van der Waals surface area contributed by atoms with Gasteiger partial charge in [0.2, 0.25) is 10.0 Å². The van der Waals surface area contributed by atoms with Crippen molar-refractivity contribution in [2.24, 2.45) is 5.73 Å². The van der Waals surface area contributed by atoms with Gasteiger partial charge in [0, 0.05) is 25.7 Å². The summed E-state index contributed by atoms with van der Waals surface area (Å²) in [4.78, 5) is 2.26. The first-order chi connectivity index (χ1) is 7.09. The van der Waals surface area contributed by atoms with Crippen molar-refractivity contribution in [2.75, 3.05) is 31.9 Å². The van der Waals surface area contributed by atoms with E-state index in [1.54, 1.807) is 6.92 Å². The summed E-state index contributed by atoms with van der Waals surface area (Å²) in [6.45, 7) is 4.60. The molecule has 0 aromatic carbocycles. The van der Waals surface area contributed by atoms with E-state index in [0.29, 0.717) is 19.1 Å². The van der Waals surface area contributed by atoms with E-state index in [1.165, 1.54) is 6.42 Å². The van der Waals surface area contributed by atoms with Crippen LogP contribution in [0.4, 0.5) is 0 Å². The zero-order valence-corrected chi connectivity index (χ0v) is 10.1. The molecule has 1 heterocycles. The summed E-state index contributed by atoms with van der Waals surface area (Å²) in [7, 11) is -3.04. The summed E-state index contributed by atoms with van der Waals surface area (Å²) >= 11 is 0. The Morgan fingerprint density at radius 2 is 2.27 bits per heavy atom. The lowest BCUT2D eigenvalue weighted by Crippen LogP contribution is -2.40. The Kier molecular flexibility index (Phi) is 4.98. The van der Waals surface area contributed by atoms with Gasteiger partial charge in [-0.25, -0.2) is 13.1 Å². The first kappa shape index (κ1) is 12.9. The third-order valence-electron chi connectivity index (χ3n) is 2.87. The van der Waals surface area contributed by atoms with E-state index in [2.05, 4.69) is 9.62 Å². The lowest BCUT2D eigenvalue weighted by atomic mass is 10.2. The fourth-order valence-corrected chi connectivity index (χ4v) is 2.51. The van der Waals surface area contributed by atoms with Crippen molar-refractivity contribution in [3.05, 3.63) is 0 Å². The number of hydrogen-bond donors (Lipinski definition) is 2. The molecule has 1 saturated heterocycles. The molecule has 0 aromatic heterocycles. The summed E-state index contributed by atoms with van der Waals surface area (Å²) in [5.74, 6) is 0.146. The van der Waals surface area contributed by atoms with Crippen molar-refractivity contribution in [1.82, 2.24) is 9.62 Å². The highest BCUT2D eigenvalue weighted by molar-refractivity contribution is 7.89. The largest absolute Gasteiger partial charge is 0.329 e. The van der Waals surface area contributed by atoms with Crippen LogP contribution in [0.1, 0.15) is 19.8 Å². The second-order valence-electron chi connectivity index (χ2n) is 3.87. The molecule has 1 aliphatic heterocycles. The van der Waals surface area contributed by atoms with Crippen molar-refractivity contribution in [1.29, 1.82) is 0 Å². The number of hydrogen-bond acceptors (Lipinski definition) is 4. The molecule has 0 aliphatic carbocycles. The Morgan fingerprint density at radius 1 is 1.53 bits per heavy atom. The van der Waals surface area contributed by atoms with E-state index in [4.69, 9.17) is 5.73 Å². The van der Waals surface area contributed by atoms with Crippen LogP contribution in [0.25, 0.3) is 0 Å². The summed E-state index contributed by atoms with van der Waals surface area (Å²) in [6.07, 6.45) is 2.30. The summed E-state index contributed by atoms with van der Waals surface area (Å²) < 4.78 is 24.9. The van der Waals surface area contributed by atoms with Gasteiger partial charge in [-0.05, 0) is 26.3 Å². The van der Waals surface area contributed by atoms with Gasteiger partial charge >= 0.3 is 0 Å². The third kappa shape index (κ3) is 4.06. The first-order valence-corrected chi connectivity index (χ1v) is 7.15. The molecule has 0 saturated carbocycles. The Hall–Kier alpha value is -0.170. The minimum atomic E-state index is -3.04. The van der Waals surface area contributed by atoms with Gasteiger partial charge in [-0.2, -0.15) is 0 Å². The molecular formula is C9H21N3O2S. The van der Waals surface area contributed by atoms with Gasteiger partial charge in [0.15, 0.2) is 0 Å². The zero-order chi connectivity index (χ0) is 11.3. The van der Waals surface area contributed by atoms with Crippen LogP contribution in [-0.4, -0.2) is 51.3 Å². The summed E-state index contributed by atoms with van der Waals surface area (Å²) in [5, 5.41) is 0. The van der Waals surface area contributed by atoms with Gasteiger partial charge < -0.3 is 5.73 Å². The second kappa shape index (κ2) is 5.79. The molecule has 1 unspecified atom stereocenters. The number of nitrogens with one attached hydrogen (secondary N) is 1. The fourth-order valence-electron chi connectivity index (χ4n) is 1.90. The summed E-state index contributed by atoms with van der Waals surface area (Å²) in [6, 6.07) is 0.441. The molecule has 5 nitrogen and oxygen atoms in total. The number of sulfonamides is 1. The molecule has 0 aromatic rings. The molecule has 1 rings (SSSR count). The van der Waals surface area contributed by atoms with Crippen LogP contribution in [-0.2, 0) is 10.0 Å². The molecule has 6 heteroatoms. The van der Waals surface area contributed by atoms with Crippen LogP contribution in [0.2, 0.25) is 0 Å². The highest BCUT2D eigenvalue weighted by atomic mass is 32.2. The molecular weight excluding hydrogens is 214 g/mol. The van der Waals surface area contributed by atoms with E-state index in [9.17, 15) is 8.42 Å². The average Bonchev–Trinajstić information content (AvgIpc) is 2.65. The molecule has 0 bridgehead atoms. The minimum absolute atomic E-state index is 0.146. The van der Waals surface area contributed by atoms with Crippen molar-refractivity contribution < 1.29 is 8.42 Å². The smallest absolute Gasteiger partial charge is 0.211 e. The maximum atomic E-state index is 11.2. The Morgan fingerprint density at radius 3 is 2.87 bits per heavy atom. The quantitative estimate of drug-likeness (QED) is 0.641. The van der Waals surface area contributed by atoms with Crippen molar-refractivity contribution in [3.8, 4) is 0 Å². The van der Waals surface area contributed by atoms with E-state index in [0.717, 1.165) is 19.5 Å². The SMILES string of the molecule is CCS(=O)(=O)NCCN1CCCC1CN. The van der Waals surface area contributed by atoms with Crippen LogP contribution in [0.3, 0.4) is 0 Å². The predicted octanol–water partition coefficient (Wildman–Crippen LogP) is -0.651. The molecule has 0 amide bonds. The number of rotatable bonds is 6. The molecule has 0 radical (unpaired) electrons. The lowest BCUT2D eigenvalue weighted by Gasteiger charge is -2.22. The van der Waals surface area contributed by atoms with Crippen LogP contribution in [0, 0.1) is 0 Å². The Labute approximate surface area is 92.1 Å². The highest BCUT2D eigenvalue weighted by Crippen LogP contribution is 2.14. The van der Waals surface area contributed by atoms with E-state index >= 15 is 0 Å². The maximum Gasteiger partial charge on any atom is 0.211 e. The number of nitrogens with zero attached hydrogens (tertiary/aromatic N) is 1. The number of nitrogens with two attached hydrogens (primary N) is 1. The van der Waals surface area contributed by atoms with Gasteiger partial charge in [0.05, 0.1) is 5.75 Å². The first-order valence-electron chi connectivity index (χ1n) is 5.50. The topological polar surface area (TPSA) is 75.4 Å². The van der Waals surface area contributed by atoms with Gasteiger partial charge in [0.25, 0.3) is 0 Å². The zero-order valence-electron chi connectivity index (χ0n) is 9.28. The maximum absolute atomic E-state index is 11.2. The molecule has 1 atom stereocenters. The molecule has 90 valence electrons. The van der Waals surface area contributed by atoms with Crippen LogP contribution >= 0.6 is 0 Å². The van der Waals surface area contributed by atoms with Crippen LogP contribution in [0.5, 0.6) is 0 Å². The summed E-state index contributed by atoms with van der Waals surface area (Å²) in [5.41, 5.74) is 5.63. The number of likely N-dealkylation sites (tertiary alicyclic amines) is 1. The molecule has 1 aliphatic rings. The van der Waals surface area contributed by atoms with E-state index in [1.807, 2.05) is 0 Å². The molecule has 3 N–H and O–H groups in total. The van der Waals surface area contributed by atoms with Crippen LogP contribution < -0.4 is 10.5 Å². The van der Waals surface area contributed by atoms with Crippen LogP contribution in [0.15, 0.2) is 0 Å². The third-order valence-corrected chi connectivity index (χ3v) is 4.28. The van der Waals surface area contributed by atoms with Crippen molar-refractivity contribution >= 4 is 10.0 Å². The predicted molar refractivity (Wildman–Crippen MR) is 61.1 cm³/mol. The minimum Gasteiger partial charge on any atom is -0.329 e. The highest BCUT2D eigenvalue weighted by Gasteiger charge is 2.22. The molecule has 0 spiro atoms. The van der Waals surface area contributed by atoms with Gasteiger partial charge in [0.1, 0.15) is 0 Å². The molecule has 15 heavy (non-hydrogen) atoms. The second-order valence-corrected chi connectivity index (χ2v) is 5.96. The van der Waals surface area contributed by atoms with E-state index in [-0.39, 0.29) is 5.75 Å². The van der Waals surface area contributed by atoms with E-state index < -0.39 is 10.0 Å². The standard InChI is InChI=1S/C9H21N3O2S/c1-2-15(13,14)11-5-7-12-6-3-4-9(12)8-10/h9,11H,2-8,10H2,1H3. The van der Waals surface area contributed by atoms with Gasteiger partial charge in [-0.3, -0.25) is 4.90 Å².